The zero-order valence-electron chi connectivity index (χ0n) is 11.3. The minimum atomic E-state index is 0.353. The van der Waals surface area contributed by atoms with Crippen LogP contribution in [0.4, 0.5) is 0 Å². The summed E-state index contributed by atoms with van der Waals surface area (Å²) >= 11 is 0. The number of para-hydroxylation sites is 1. The molecule has 2 aromatic rings. The van der Waals surface area contributed by atoms with Crippen LogP contribution in [0, 0.1) is 0 Å². The standard InChI is InChI=1S/C16H19BO2/c1-2-3-12-19-14-10-8-13(9-11-14)17-15-6-4-5-7-16(15)18/h4-11,17-18H,2-3,12H2,1H3. The van der Waals surface area contributed by atoms with Crippen LogP contribution in [0.1, 0.15) is 19.8 Å². The SMILES string of the molecule is CCCCOc1ccc(Bc2ccccc2O)cc1. The summed E-state index contributed by atoms with van der Waals surface area (Å²) in [5.41, 5.74) is 2.12. The smallest absolute Gasteiger partial charge is 0.197 e. The third kappa shape index (κ3) is 4.06. The quantitative estimate of drug-likeness (QED) is 0.630. The largest absolute Gasteiger partial charge is 0.509 e. The molecule has 0 atom stereocenters. The van der Waals surface area contributed by atoms with Gasteiger partial charge in [-0.15, -0.1) is 0 Å². The predicted octanol–water partition coefficient (Wildman–Crippen LogP) is 1.96. The zero-order chi connectivity index (χ0) is 13.5. The molecule has 0 unspecified atom stereocenters. The average molecular weight is 254 g/mol. The Kier molecular flexibility index (Phi) is 4.90. The van der Waals surface area contributed by atoms with Crippen LogP contribution in [-0.4, -0.2) is 19.0 Å². The number of ether oxygens (including phenoxy) is 1. The Morgan fingerprint density at radius 3 is 2.47 bits per heavy atom. The van der Waals surface area contributed by atoms with Gasteiger partial charge in [-0.25, -0.2) is 0 Å². The molecule has 2 rings (SSSR count). The highest BCUT2D eigenvalue weighted by atomic mass is 16.5. The fourth-order valence-corrected chi connectivity index (χ4v) is 1.92. The highest BCUT2D eigenvalue weighted by Gasteiger charge is 2.04. The highest BCUT2D eigenvalue weighted by molar-refractivity contribution is 6.68. The lowest BCUT2D eigenvalue weighted by Gasteiger charge is -2.07. The second-order valence-electron chi connectivity index (χ2n) is 4.65. The first kappa shape index (κ1) is 13.5. The lowest BCUT2D eigenvalue weighted by molar-refractivity contribution is 0.309. The Bertz CT molecular complexity index is 508. The lowest BCUT2D eigenvalue weighted by Crippen LogP contribution is -2.26. The monoisotopic (exact) mass is 254 g/mol. The first-order chi connectivity index (χ1) is 9.29. The van der Waals surface area contributed by atoms with E-state index in [0.29, 0.717) is 5.75 Å². The molecular formula is C16H19BO2. The average Bonchev–Trinajstić information content (AvgIpc) is 2.44. The van der Waals surface area contributed by atoms with Crippen molar-refractivity contribution in [1.82, 2.24) is 0 Å². The van der Waals surface area contributed by atoms with E-state index in [1.807, 2.05) is 42.5 Å². The van der Waals surface area contributed by atoms with E-state index in [1.54, 1.807) is 6.07 Å². The number of phenols is 1. The predicted molar refractivity (Wildman–Crippen MR) is 81.4 cm³/mol. The van der Waals surface area contributed by atoms with Gasteiger partial charge in [0.05, 0.1) is 6.61 Å². The van der Waals surface area contributed by atoms with Crippen LogP contribution in [0.15, 0.2) is 48.5 Å². The summed E-state index contributed by atoms with van der Waals surface area (Å²) in [6.07, 6.45) is 2.23. The van der Waals surface area contributed by atoms with Crippen LogP contribution >= 0.6 is 0 Å². The molecule has 0 heterocycles. The van der Waals surface area contributed by atoms with E-state index < -0.39 is 0 Å². The summed E-state index contributed by atoms with van der Waals surface area (Å²) in [5, 5.41) is 9.75. The number of hydrogen-bond acceptors (Lipinski definition) is 2. The minimum Gasteiger partial charge on any atom is -0.509 e. The maximum absolute atomic E-state index is 9.75. The molecular weight excluding hydrogens is 235 g/mol. The molecule has 98 valence electrons. The lowest BCUT2D eigenvalue weighted by atomic mass is 9.64. The number of hydrogen-bond donors (Lipinski definition) is 1. The van der Waals surface area contributed by atoms with Crippen molar-refractivity contribution in [1.29, 1.82) is 0 Å². The normalized spacial score (nSPS) is 10.2. The molecule has 0 aliphatic heterocycles. The molecule has 0 aromatic heterocycles. The van der Waals surface area contributed by atoms with Gasteiger partial charge in [-0.1, -0.05) is 49.1 Å². The van der Waals surface area contributed by atoms with Crippen molar-refractivity contribution < 1.29 is 9.84 Å². The van der Waals surface area contributed by atoms with E-state index in [2.05, 4.69) is 6.92 Å². The van der Waals surface area contributed by atoms with Gasteiger partial charge in [-0.05, 0) is 30.1 Å². The van der Waals surface area contributed by atoms with E-state index in [4.69, 9.17) is 4.74 Å². The molecule has 0 amide bonds. The Morgan fingerprint density at radius 2 is 1.79 bits per heavy atom. The van der Waals surface area contributed by atoms with Gasteiger partial charge in [0.25, 0.3) is 0 Å². The third-order valence-corrected chi connectivity index (χ3v) is 3.08. The number of unbranched alkanes of at least 4 members (excludes halogenated alkanes) is 1. The first-order valence-corrected chi connectivity index (χ1v) is 6.78. The van der Waals surface area contributed by atoms with Crippen molar-refractivity contribution in [2.45, 2.75) is 19.8 Å². The second kappa shape index (κ2) is 6.88. The molecule has 0 aliphatic rings. The van der Waals surface area contributed by atoms with Crippen LogP contribution in [-0.2, 0) is 0 Å². The van der Waals surface area contributed by atoms with Crippen LogP contribution in [0.3, 0.4) is 0 Å². The summed E-state index contributed by atoms with van der Waals surface area (Å²) in [4.78, 5) is 0. The van der Waals surface area contributed by atoms with E-state index in [-0.39, 0.29) is 0 Å². The maximum Gasteiger partial charge on any atom is 0.197 e. The highest BCUT2D eigenvalue weighted by Crippen LogP contribution is 2.08. The fourth-order valence-electron chi connectivity index (χ4n) is 1.92. The molecule has 2 aromatic carbocycles. The van der Waals surface area contributed by atoms with Gasteiger partial charge in [0, 0.05) is 0 Å². The third-order valence-electron chi connectivity index (χ3n) is 3.08. The van der Waals surface area contributed by atoms with Crippen molar-refractivity contribution in [3.8, 4) is 11.5 Å². The van der Waals surface area contributed by atoms with Crippen molar-refractivity contribution in [3.63, 3.8) is 0 Å². The molecule has 0 radical (unpaired) electrons. The number of aromatic hydroxyl groups is 1. The van der Waals surface area contributed by atoms with E-state index in [9.17, 15) is 5.11 Å². The van der Waals surface area contributed by atoms with Gasteiger partial charge in [0.15, 0.2) is 7.28 Å². The van der Waals surface area contributed by atoms with Crippen LogP contribution in [0.25, 0.3) is 0 Å². The van der Waals surface area contributed by atoms with Gasteiger partial charge < -0.3 is 9.84 Å². The number of benzene rings is 2. The van der Waals surface area contributed by atoms with Gasteiger partial charge in [0.2, 0.25) is 0 Å². The molecule has 0 saturated heterocycles. The van der Waals surface area contributed by atoms with Gasteiger partial charge in [-0.3, -0.25) is 0 Å². The first-order valence-electron chi connectivity index (χ1n) is 6.78. The Balaban J connectivity index is 1.97. The van der Waals surface area contributed by atoms with Crippen molar-refractivity contribution in [2.24, 2.45) is 0 Å². The fraction of sp³-hybridized carbons (Fsp3) is 0.250. The molecule has 0 aliphatic carbocycles. The molecule has 19 heavy (non-hydrogen) atoms. The number of phenolic OH excluding ortho intramolecular Hbond substituents is 1. The topological polar surface area (TPSA) is 29.5 Å². The summed E-state index contributed by atoms with van der Waals surface area (Å²) in [6.45, 7) is 2.92. The Hall–Kier alpha value is -1.90. The maximum atomic E-state index is 9.75. The molecule has 0 spiro atoms. The Morgan fingerprint density at radius 1 is 1.05 bits per heavy atom. The van der Waals surface area contributed by atoms with Crippen molar-refractivity contribution >= 4 is 18.2 Å². The summed E-state index contributed by atoms with van der Waals surface area (Å²) in [5.74, 6) is 1.26. The van der Waals surface area contributed by atoms with E-state index >= 15 is 0 Å². The molecule has 2 nitrogen and oxygen atoms in total. The van der Waals surface area contributed by atoms with E-state index in [1.165, 1.54) is 5.46 Å². The van der Waals surface area contributed by atoms with Crippen LogP contribution in [0.5, 0.6) is 11.5 Å². The van der Waals surface area contributed by atoms with Gasteiger partial charge >= 0.3 is 0 Å². The van der Waals surface area contributed by atoms with E-state index in [0.717, 1.165) is 37.9 Å². The van der Waals surface area contributed by atoms with Crippen LogP contribution < -0.4 is 15.7 Å². The zero-order valence-corrected chi connectivity index (χ0v) is 11.3. The van der Waals surface area contributed by atoms with Crippen LogP contribution in [0.2, 0.25) is 0 Å². The molecule has 3 heteroatoms. The van der Waals surface area contributed by atoms with Gasteiger partial charge in [0.1, 0.15) is 11.5 Å². The summed E-state index contributed by atoms with van der Waals surface area (Å²) in [7, 11) is 0.738. The number of rotatable bonds is 6. The summed E-state index contributed by atoms with van der Waals surface area (Å²) < 4.78 is 5.63. The van der Waals surface area contributed by atoms with Gasteiger partial charge in [-0.2, -0.15) is 0 Å². The summed E-state index contributed by atoms with van der Waals surface area (Å²) in [6, 6.07) is 15.5. The molecule has 0 bridgehead atoms. The molecule has 1 N–H and O–H groups in total. The van der Waals surface area contributed by atoms with Crippen molar-refractivity contribution in [2.75, 3.05) is 6.61 Å². The molecule has 0 saturated carbocycles. The van der Waals surface area contributed by atoms with Crippen molar-refractivity contribution in [3.05, 3.63) is 48.5 Å². The molecule has 0 fully saturated rings. The Labute approximate surface area is 115 Å². The second-order valence-corrected chi connectivity index (χ2v) is 4.65. The minimum absolute atomic E-state index is 0.353.